The van der Waals surface area contributed by atoms with E-state index in [4.69, 9.17) is 0 Å². The fourth-order valence-corrected chi connectivity index (χ4v) is 2.41. The average Bonchev–Trinajstić information content (AvgIpc) is 2.58. The molecule has 2 rings (SSSR count). The smallest absolute Gasteiger partial charge is 0.252 e. The highest BCUT2D eigenvalue weighted by atomic mass is 79.9. The average molecular weight is 389 g/mol. The number of amides is 2. The Morgan fingerprint density at radius 2 is 1.46 bits per heavy atom. The van der Waals surface area contributed by atoms with E-state index in [0.717, 1.165) is 4.47 Å². The number of carbonyl (C=O) groups is 3. The Morgan fingerprint density at radius 3 is 2.08 bits per heavy atom. The Kier molecular flexibility index (Phi) is 6.26. The minimum absolute atomic E-state index is 0.157. The lowest BCUT2D eigenvalue weighted by Gasteiger charge is -2.10. The molecule has 5 nitrogen and oxygen atoms in total. The maximum Gasteiger partial charge on any atom is 0.252 e. The van der Waals surface area contributed by atoms with Gasteiger partial charge in [-0.1, -0.05) is 34.1 Å². The second-order valence-electron chi connectivity index (χ2n) is 5.12. The molecule has 0 aliphatic carbocycles. The van der Waals surface area contributed by atoms with E-state index >= 15 is 0 Å². The van der Waals surface area contributed by atoms with E-state index in [1.807, 2.05) is 0 Å². The second-order valence-corrected chi connectivity index (χ2v) is 6.04. The first-order valence-electron chi connectivity index (χ1n) is 7.41. The standard InChI is InChI=1S/C18H17BrN2O3/c1-12(22)20-10-11-21-18(24)16-5-3-2-4-15(16)17(23)13-6-8-14(19)9-7-13/h2-9H,10-11H2,1H3,(H,20,22)(H,21,24). The van der Waals surface area contributed by atoms with E-state index in [1.54, 1.807) is 48.5 Å². The van der Waals surface area contributed by atoms with Gasteiger partial charge in [-0.2, -0.15) is 0 Å². The van der Waals surface area contributed by atoms with Gasteiger partial charge in [0.05, 0.1) is 5.56 Å². The maximum atomic E-state index is 12.6. The molecule has 0 saturated heterocycles. The number of nitrogens with one attached hydrogen (secondary N) is 2. The third kappa shape index (κ3) is 4.76. The number of ketones is 1. The van der Waals surface area contributed by atoms with E-state index in [0.29, 0.717) is 29.8 Å². The minimum atomic E-state index is -0.346. The van der Waals surface area contributed by atoms with Gasteiger partial charge in [0.1, 0.15) is 0 Å². The lowest BCUT2D eigenvalue weighted by atomic mass is 9.98. The highest BCUT2D eigenvalue weighted by Crippen LogP contribution is 2.17. The normalized spacial score (nSPS) is 10.1. The lowest BCUT2D eigenvalue weighted by molar-refractivity contribution is -0.118. The van der Waals surface area contributed by atoms with Gasteiger partial charge in [0.2, 0.25) is 5.91 Å². The summed E-state index contributed by atoms with van der Waals surface area (Å²) >= 11 is 3.33. The van der Waals surface area contributed by atoms with Crippen LogP contribution in [0, 0.1) is 0 Å². The zero-order valence-electron chi connectivity index (χ0n) is 13.1. The van der Waals surface area contributed by atoms with Crippen LogP contribution in [0.5, 0.6) is 0 Å². The van der Waals surface area contributed by atoms with Crippen molar-refractivity contribution in [3.8, 4) is 0 Å². The first kappa shape index (κ1) is 17.9. The fraction of sp³-hybridized carbons (Fsp3) is 0.167. The molecule has 2 amide bonds. The third-order valence-corrected chi connectivity index (χ3v) is 3.84. The Balaban J connectivity index is 2.14. The molecule has 2 aromatic rings. The van der Waals surface area contributed by atoms with Gasteiger partial charge >= 0.3 is 0 Å². The van der Waals surface area contributed by atoms with Crippen LogP contribution in [0.25, 0.3) is 0 Å². The van der Waals surface area contributed by atoms with Crippen molar-refractivity contribution in [1.29, 1.82) is 0 Å². The predicted molar refractivity (Wildman–Crippen MR) is 95.0 cm³/mol. The van der Waals surface area contributed by atoms with Crippen LogP contribution in [0.2, 0.25) is 0 Å². The first-order chi connectivity index (χ1) is 11.5. The molecule has 0 heterocycles. The van der Waals surface area contributed by atoms with Crippen LogP contribution in [-0.4, -0.2) is 30.7 Å². The van der Waals surface area contributed by atoms with Crippen molar-refractivity contribution in [2.24, 2.45) is 0 Å². The van der Waals surface area contributed by atoms with Gasteiger partial charge in [0, 0.05) is 35.6 Å². The molecule has 0 aromatic heterocycles. The van der Waals surface area contributed by atoms with Crippen molar-refractivity contribution < 1.29 is 14.4 Å². The summed E-state index contributed by atoms with van der Waals surface area (Å²) in [5.41, 5.74) is 1.17. The molecule has 0 fully saturated rings. The monoisotopic (exact) mass is 388 g/mol. The van der Waals surface area contributed by atoms with Crippen LogP contribution in [-0.2, 0) is 4.79 Å². The van der Waals surface area contributed by atoms with Crippen molar-refractivity contribution in [2.75, 3.05) is 13.1 Å². The fourth-order valence-electron chi connectivity index (χ4n) is 2.15. The molecule has 0 bridgehead atoms. The van der Waals surface area contributed by atoms with Gasteiger partial charge in [-0.25, -0.2) is 0 Å². The molecule has 6 heteroatoms. The summed E-state index contributed by atoms with van der Waals surface area (Å²) in [7, 11) is 0. The molecule has 0 radical (unpaired) electrons. The van der Waals surface area contributed by atoms with Crippen molar-refractivity contribution in [3.63, 3.8) is 0 Å². The summed E-state index contributed by atoms with van der Waals surface area (Å²) in [5, 5.41) is 5.29. The molecule has 0 unspecified atom stereocenters. The number of halogens is 1. The van der Waals surface area contributed by atoms with Crippen molar-refractivity contribution >= 4 is 33.5 Å². The molecule has 24 heavy (non-hydrogen) atoms. The van der Waals surface area contributed by atoms with Gasteiger partial charge in [-0.15, -0.1) is 0 Å². The minimum Gasteiger partial charge on any atom is -0.355 e. The summed E-state index contributed by atoms with van der Waals surface area (Å²) in [6.07, 6.45) is 0. The number of rotatable bonds is 6. The zero-order chi connectivity index (χ0) is 17.5. The SMILES string of the molecule is CC(=O)NCCNC(=O)c1ccccc1C(=O)c1ccc(Br)cc1. The molecule has 0 aliphatic rings. The molecule has 0 aliphatic heterocycles. The highest BCUT2D eigenvalue weighted by molar-refractivity contribution is 9.10. The topological polar surface area (TPSA) is 75.3 Å². The van der Waals surface area contributed by atoms with E-state index in [9.17, 15) is 14.4 Å². The maximum absolute atomic E-state index is 12.6. The molecular formula is C18H17BrN2O3. The summed E-state index contributed by atoms with van der Waals surface area (Å²) in [4.78, 5) is 35.8. The van der Waals surface area contributed by atoms with Crippen molar-refractivity contribution in [3.05, 3.63) is 69.7 Å². The van der Waals surface area contributed by atoms with Gasteiger partial charge in [-0.05, 0) is 30.3 Å². The molecular weight excluding hydrogens is 372 g/mol. The summed E-state index contributed by atoms with van der Waals surface area (Å²) < 4.78 is 0.878. The summed E-state index contributed by atoms with van der Waals surface area (Å²) in [6.45, 7) is 2.04. The number of hydrogen-bond acceptors (Lipinski definition) is 3. The predicted octanol–water partition coefficient (Wildman–Crippen LogP) is 2.55. The zero-order valence-corrected chi connectivity index (χ0v) is 14.7. The lowest BCUT2D eigenvalue weighted by Crippen LogP contribution is -2.34. The van der Waals surface area contributed by atoms with Crippen LogP contribution in [0.3, 0.4) is 0 Å². The van der Waals surface area contributed by atoms with Crippen LogP contribution in [0.1, 0.15) is 33.2 Å². The van der Waals surface area contributed by atoms with Crippen LogP contribution in [0.4, 0.5) is 0 Å². The Labute approximate surface area is 148 Å². The van der Waals surface area contributed by atoms with Crippen molar-refractivity contribution in [1.82, 2.24) is 10.6 Å². The van der Waals surface area contributed by atoms with Gasteiger partial charge < -0.3 is 10.6 Å². The van der Waals surface area contributed by atoms with E-state index in [2.05, 4.69) is 26.6 Å². The largest absolute Gasteiger partial charge is 0.355 e. The number of carbonyl (C=O) groups excluding carboxylic acids is 3. The van der Waals surface area contributed by atoms with Gasteiger partial charge in [-0.3, -0.25) is 14.4 Å². The summed E-state index contributed by atoms with van der Waals surface area (Å²) in [5.74, 6) is -0.716. The van der Waals surface area contributed by atoms with E-state index in [1.165, 1.54) is 6.92 Å². The second kappa shape index (κ2) is 8.40. The molecule has 2 N–H and O–H groups in total. The van der Waals surface area contributed by atoms with Crippen LogP contribution < -0.4 is 10.6 Å². The molecule has 0 spiro atoms. The number of hydrogen-bond donors (Lipinski definition) is 2. The first-order valence-corrected chi connectivity index (χ1v) is 8.20. The highest BCUT2D eigenvalue weighted by Gasteiger charge is 2.17. The van der Waals surface area contributed by atoms with Gasteiger partial charge in [0.15, 0.2) is 5.78 Å². The Bertz CT molecular complexity index is 757. The van der Waals surface area contributed by atoms with E-state index in [-0.39, 0.29) is 17.6 Å². The van der Waals surface area contributed by atoms with Crippen LogP contribution in [0.15, 0.2) is 53.0 Å². The third-order valence-electron chi connectivity index (χ3n) is 3.31. The van der Waals surface area contributed by atoms with Gasteiger partial charge in [0.25, 0.3) is 5.91 Å². The van der Waals surface area contributed by atoms with E-state index < -0.39 is 0 Å². The number of benzene rings is 2. The molecule has 0 atom stereocenters. The van der Waals surface area contributed by atoms with Crippen LogP contribution >= 0.6 is 15.9 Å². The Hall–Kier alpha value is -2.47. The molecule has 2 aromatic carbocycles. The molecule has 0 saturated carbocycles. The Morgan fingerprint density at radius 1 is 0.875 bits per heavy atom. The molecule has 124 valence electrons. The quantitative estimate of drug-likeness (QED) is 0.589. The van der Waals surface area contributed by atoms with Crippen molar-refractivity contribution in [2.45, 2.75) is 6.92 Å². The summed E-state index contributed by atoms with van der Waals surface area (Å²) in [6, 6.07) is 13.6.